The number of unbranched alkanes of at least 4 members (excludes halogenated alkanes) is 4. The maximum atomic E-state index is 7.14. The highest BCUT2D eigenvalue weighted by Crippen LogP contribution is 2.41. The third-order valence-corrected chi connectivity index (χ3v) is 9.46. The van der Waals surface area contributed by atoms with Gasteiger partial charge >= 0.3 is 0 Å². The van der Waals surface area contributed by atoms with Crippen molar-refractivity contribution in [3.63, 3.8) is 0 Å². The van der Waals surface area contributed by atoms with E-state index in [2.05, 4.69) is 71.0 Å². The molecule has 0 bridgehead atoms. The van der Waals surface area contributed by atoms with Gasteiger partial charge in [0, 0.05) is 38.6 Å². The molecular weight excluding hydrogens is 640 g/mol. The van der Waals surface area contributed by atoms with Crippen molar-refractivity contribution in [1.82, 2.24) is 0 Å². The van der Waals surface area contributed by atoms with E-state index in [1.165, 1.54) is 11.1 Å². The Morgan fingerprint density at radius 1 is 0.633 bits per heavy atom. The average Bonchev–Trinajstić information content (AvgIpc) is 3.11. The normalized spacial score (nSPS) is 21.0. The molecule has 1 fully saturated rings. The smallest absolute Gasteiger partial charge is 0.117 e. The first-order valence-electron chi connectivity index (χ1n) is 19.0. The zero-order chi connectivity index (χ0) is 35.3. The van der Waals surface area contributed by atoms with Crippen LogP contribution in [0.3, 0.4) is 0 Å². The highest BCUT2D eigenvalue weighted by atomic mass is 35.5. The predicted octanol–water partition coefficient (Wildman–Crippen LogP) is 9.47. The fraction of sp³-hybridized carbons (Fsp3) is 0.707. The van der Waals surface area contributed by atoms with Crippen molar-refractivity contribution in [1.29, 1.82) is 0 Å². The molecule has 7 nitrogen and oxygen atoms in total. The fourth-order valence-corrected chi connectivity index (χ4v) is 6.30. The molecule has 2 aromatic rings. The highest BCUT2D eigenvalue weighted by molar-refractivity contribution is 6.31. The summed E-state index contributed by atoms with van der Waals surface area (Å²) in [4.78, 5) is 0. The van der Waals surface area contributed by atoms with E-state index >= 15 is 0 Å². The number of methoxy groups -OCH3 is 1. The lowest BCUT2D eigenvalue weighted by molar-refractivity contribution is -0.268. The summed E-state index contributed by atoms with van der Waals surface area (Å²) in [6, 6.07) is 13.1. The minimum absolute atomic E-state index is 0.321. The number of ether oxygens (including phenoxy) is 7. The van der Waals surface area contributed by atoms with Gasteiger partial charge in [0.25, 0.3) is 0 Å². The summed E-state index contributed by atoms with van der Waals surface area (Å²) in [6.45, 7) is 15.2. The molecule has 3 rings (SSSR count). The minimum atomic E-state index is -0.436. The van der Waals surface area contributed by atoms with Gasteiger partial charge in [-0.05, 0) is 72.4 Å². The first-order chi connectivity index (χ1) is 24.0. The Morgan fingerprint density at radius 2 is 1.22 bits per heavy atom. The highest BCUT2D eigenvalue weighted by Gasteiger charge is 2.49. The van der Waals surface area contributed by atoms with E-state index in [1.807, 2.05) is 0 Å². The van der Waals surface area contributed by atoms with E-state index in [4.69, 9.17) is 44.8 Å². The second kappa shape index (κ2) is 24.6. The molecule has 0 radical (unpaired) electrons. The Kier molecular flexibility index (Phi) is 21.0. The van der Waals surface area contributed by atoms with Gasteiger partial charge in [-0.1, -0.05) is 102 Å². The summed E-state index contributed by atoms with van der Waals surface area (Å²) in [6.07, 6.45) is 7.97. The molecular formula is C41H65ClO7. The van der Waals surface area contributed by atoms with Gasteiger partial charge in [-0.15, -0.1) is 0 Å². The first-order valence-corrected chi connectivity index (χ1v) is 19.4. The van der Waals surface area contributed by atoms with Gasteiger partial charge in [-0.2, -0.15) is 0 Å². The van der Waals surface area contributed by atoms with E-state index in [0.29, 0.717) is 64.3 Å². The predicted molar refractivity (Wildman–Crippen MR) is 199 cm³/mol. The molecule has 0 amide bonds. The molecule has 1 heterocycles. The lowest BCUT2D eigenvalue weighted by atomic mass is 9.87. The van der Waals surface area contributed by atoms with Crippen LogP contribution in [0.15, 0.2) is 36.4 Å². The van der Waals surface area contributed by atoms with Gasteiger partial charge in [0.2, 0.25) is 0 Å². The van der Waals surface area contributed by atoms with Gasteiger partial charge in [0.15, 0.2) is 0 Å². The van der Waals surface area contributed by atoms with Gasteiger partial charge < -0.3 is 33.2 Å². The SMILES string of the molecule is CCCCOC[C@H]1O[C@@H](c2cc(Cc3ccc(CC)cc3)c(Cl)cc2COCCOC)[C@H](OCCCC)[C@@H](OCCCC)[C@@H]1OCCCC. The Morgan fingerprint density at radius 3 is 1.84 bits per heavy atom. The Hall–Kier alpha value is -1.55. The zero-order valence-electron chi connectivity index (χ0n) is 31.3. The fourth-order valence-electron chi connectivity index (χ4n) is 6.05. The van der Waals surface area contributed by atoms with E-state index < -0.39 is 12.2 Å². The van der Waals surface area contributed by atoms with E-state index in [9.17, 15) is 0 Å². The van der Waals surface area contributed by atoms with Crippen LogP contribution in [-0.2, 0) is 52.6 Å². The van der Waals surface area contributed by atoms with Gasteiger partial charge in [-0.25, -0.2) is 0 Å². The Bertz CT molecular complexity index is 1140. The maximum Gasteiger partial charge on any atom is 0.117 e. The molecule has 278 valence electrons. The molecule has 2 aromatic carbocycles. The Labute approximate surface area is 302 Å². The third kappa shape index (κ3) is 13.8. The second-order valence-corrected chi connectivity index (χ2v) is 13.5. The van der Waals surface area contributed by atoms with Crippen molar-refractivity contribution >= 4 is 11.6 Å². The number of hydrogen-bond acceptors (Lipinski definition) is 7. The second-order valence-electron chi connectivity index (χ2n) is 13.1. The van der Waals surface area contributed by atoms with Crippen LogP contribution in [0.2, 0.25) is 5.02 Å². The molecule has 8 heteroatoms. The number of benzene rings is 2. The van der Waals surface area contributed by atoms with Crippen LogP contribution in [0.1, 0.15) is 120 Å². The van der Waals surface area contributed by atoms with Crippen molar-refractivity contribution in [2.75, 3.05) is 53.4 Å². The lowest BCUT2D eigenvalue weighted by Crippen LogP contribution is -2.58. The van der Waals surface area contributed by atoms with Crippen LogP contribution in [0.4, 0.5) is 0 Å². The van der Waals surface area contributed by atoms with Crippen LogP contribution < -0.4 is 0 Å². The van der Waals surface area contributed by atoms with E-state index in [0.717, 1.165) is 74.5 Å². The summed E-state index contributed by atoms with van der Waals surface area (Å²) in [5, 5.41) is 0.712. The quantitative estimate of drug-likeness (QED) is 0.0904. The summed E-state index contributed by atoms with van der Waals surface area (Å²) in [5.41, 5.74) is 5.56. The van der Waals surface area contributed by atoms with Crippen molar-refractivity contribution in [3.8, 4) is 0 Å². The molecule has 49 heavy (non-hydrogen) atoms. The van der Waals surface area contributed by atoms with Crippen LogP contribution >= 0.6 is 11.6 Å². The summed E-state index contributed by atoms with van der Waals surface area (Å²) in [7, 11) is 1.68. The molecule has 0 unspecified atom stereocenters. The summed E-state index contributed by atoms with van der Waals surface area (Å²) in [5.74, 6) is 0. The van der Waals surface area contributed by atoms with Crippen molar-refractivity contribution < 1.29 is 33.2 Å². The van der Waals surface area contributed by atoms with Crippen LogP contribution in [0, 0.1) is 0 Å². The van der Waals surface area contributed by atoms with Crippen LogP contribution in [0.25, 0.3) is 0 Å². The number of rotatable bonds is 26. The topological polar surface area (TPSA) is 64.6 Å². The summed E-state index contributed by atoms with van der Waals surface area (Å²) >= 11 is 7.04. The number of aryl methyl sites for hydroxylation is 1. The molecule has 0 N–H and O–H groups in total. The lowest BCUT2D eigenvalue weighted by Gasteiger charge is -2.47. The van der Waals surface area contributed by atoms with E-state index in [1.54, 1.807) is 7.11 Å². The number of halogens is 1. The average molecular weight is 705 g/mol. The standard InChI is InChI=1S/C41H65ClO7/c1-7-12-20-44-30-37-39(46-21-13-8-2)41(48-23-15-10-4)40(47-22-14-9-3)38(49-37)35-27-33(26-32-18-16-31(11-5)17-19-32)36(42)28-34(35)29-45-25-24-43-6/h16-19,27-28,37-41H,7-15,20-26,29-30H2,1-6H3/t37-,38+,39-,40+,41+/m1/s1. The molecule has 1 aliphatic heterocycles. The molecule has 1 saturated heterocycles. The molecule has 0 spiro atoms. The van der Waals surface area contributed by atoms with Crippen molar-refractivity contribution in [2.24, 2.45) is 0 Å². The third-order valence-electron chi connectivity index (χ3n) is 9.11. The Balaban J connectivity index is 2.12. The molecule has 1 aliphatic rings. The van der Waals surface area contributed by atoms with Gasteiger partial charge in [0.05, 0.1) is 26.4 Å². The molecule has 0 aromatic heterocycles. The van der Waals surface area contributed by atoms with Gasteiger partial charge in [0.1, 0.15) is 30.5 Å². The zero-order valence-corrected chi connectivity index (χ0v) is 32.1. The number of hydrogen-bond donors (Lipinski definition) is 0. The minimum Gasteiger partial charge on any atom is -0.382 e. The van der Waals surface area contributed by atoms with Gasteiger partial charge in [-0.3, -0.25) is 0 Å². The van der Waals surface area contributed by atoms with Crippen LogP contribution in [-0.4, -0.2) is 77.8 Å². The van der Waals surface area contributed by atoms with Crippen LogP contribution in [0.5, 0.6) is 0 Å². The molecule has 5 atom stereocenters. The van der Waals surface area contributed by atoms with Crippen molar-refractivity contribution in [2.45, 2.75) is 136 Å². The van der Waals surface area contributed by atoms with Crippen molar-refractivity contribution in [3.05, 3.63) is 69.2 Å². The maximum absolute atomic E-state index is 7.14. The summed E-state index contributed by atoms with van der Waals surface area (Å²) < 4.78 is 45.0. The molecule has 0 aliphatic carbocycles. The largest absolute Gasteiger partial charge is 0.382 e. The molecule has 0 saturated carbocycles. The first kappa shape index (κ1) is 41.9. The monoisotopic (exact) mass is 704 g/mol. The van der Waals surface area contributed by atoms with E-state index in [-0.39, 0.29) is 18.3 Å².